The Bertz CT molecular complexity index is 448. The summed E-state index contributed by atoms with van der Waals surface area (Å²) in [7, 11) is 1.57. The number of nitrogens with one attached hydrogen (secondary N) is 1. The number of hydrogen-bond donors (Lipinski definition) is 2. The van der Waals surface area contributed by atoms with E-state index >= 15 is 0 Å². The van der Waals surface area contributed by atoms with E-state index in [4.69, 9.17) is 11.1 Å². The molecule has 1 rings (SSSR count). The van der Waals surface area contributed by atoms with Gasteiger partial charge in [0.05, 0.1) is 0 Å². The molecule has 0 aliphatic carbocycles. The number of halogens is 4. The van der Waals surface area contributed by atoms with Crippen LogP contribution in [0, 0.1) is 11.3 Å². The molecule has 3 N–H and O–H groups in total. The van der Waals surface area contributed by atoms with Crippen LogP contribution in [0.4, 0.5) is 13.2 Å². The highest BCUT2D eigenvalue weighted by Gasteiger charge is 2.42. The SMILES string of the molecule is CN(Cc1cccc(Br)c1)CC(C(=N)N)C(F)(F)F. The molecule has 0 bridgehead atoms. The molecule has 1 atom stereocenters. The fourth-order valence-electron chi connectivity index (χ4n) is 1.70. The van der Waals surface area contributed by atoms with Crippen molar-refractivity contribution in [3.05, 3.63) is 34.3 Å². The average molecular weight is 338 g/mol. The maximum absolute atomic E-state index is 12.7. The van der Waals surface area contributed by atoms with E-state index < -0.39 is 17.9 Å². The fraction of sp³-hybridized carbons (Fsp3) is 0.417. The molecular weight excluding hydrogens is 323 g/mol. The Morgan fingerprint density at radius 2 is 2.11 bits per heavy atom. The van der Waals surface area contributed by atoms with E-state index in [0.29, 0.717) is 6.54 Å². The van der Waals surface area contributed by atoms with Crippen molar-refractivity contribution in [2.75, 3.05) is 13.6 Å². The summed E-state index contributed by atoms with van der Waals surface area (Å²) in [4.78, 5) is 1.50. The van der Waals surface area contributed by atoms with Crippen molar-refractivity contribution < 1.29 is 13.2 Å². The molecule has 19 heavy (non-hydrogen) atoms. The third-order valence-corrected chi connectivity index (χ3v) is 3.10. The molecule has 1 aromatic carbocycles. The van der Waals surface area contributed by atoms with E-state index in [1.165, 1.54) is 4.90 Å². The first-order valence-electron chi connectivity index (χ1n) is 5.53. The highest BCUT2D eigenvalue weighted by Crippen LogP contribution is 2.27. The summed E-state index contributed by atoms with van der Waals surface area (Å²) in [6.45, 7) is 0.0324. The minimum Gasteiger partial charge on any atom is -0.387 e. The van der Waals surface area contributed by atoms with Gasteiger partial charge in [0.2, 0.25) is 0 Å². The van der Waals surface area contributed by atoms with Crippen molar-refractivity contribution >= 4 is 21.8 Å². The summed E-state index contributed by atoms with van der Waals surface area (Å²) < 4.78 is 38.9. The fourth-order valence-corrected chi connectivity index (χ4v) is 2.15. The molecule has 106 valence electrons. The second-order valence-corrected chi connectivity index (χ2v) is 5.29. The second-order valence-electron chi connectivity index (χ2n) is 4.38. The normalized spacial score (nSPS) is 13.6. The van der Waals surface area contributed by atoms with Crippen LogP contribution in [-0.4, -0.2) is 30.5 Å². The molecule has 0 spiro atoms. The predicted molar refractivity (Wildman–Crippen MR) is 71.9 cm³/mol. The zero-order chi connectivity index (χ0) is 14.6. The number of nitrogens with two attached hydrogens (primary N) is 1. The Balaban J connectivity index is 2.68. The Hall–Kier alpha value is -1.08. The third kappa shape index (κ3) is 5.20. The summed E-state index contributed by atoms with van der Waals surface area (Å²) >= 11 is 3.31. The van der Waals surface area contributed by atoms with E-state index in [1.54, 1.807) is 7.05 Å². The second kappa shape index (κ2) is 6.38. The van der Waals surface area contributed by atoms with E-state index in [2.05, 4.69) is 15.9 Å². The maximum atomic E-state index is 12.7. The number of amidine groups is 1. The van der Waals surface area contributed by atoms with Crippen LogP contribution in [-0.2, 0) is 6.54 Å². The molecule has 1 aromatic rings. The van der Waals surface area contributed by atoms with Crippen LogP contribution in [0.3, 0.4) is 0 Å². The lowest BCUT2D eigenvalue weighted by atomic mass is 10.1. The molecule has 0 saturated heterocycles. The van der Waals surface area contributed by atoms with Crippen LogP contribution in [0.15, 0.2) is 28.7 Å². The van der Waals surface area contributed by atoms with Crippen LogP contribution in [0.5, 0.6) is 0 Å². The van der Waals surface area contributed by atoms with Crippen molar-refractivity contribution in [2.24, 2.45) is 11.7 Å². The zero-order valence-corrected chi connectivity index (χ0v) is 11.9. The van der Waals surface area contributed by atoms with Gasteiger partial charge < -0.3 is 10.6 Å². The summed E-state index contributed by atoms with van der Waals surface area (Å²) in [6.07, 6.45) is -4.49. The van der Waals surface area contributed by atoms with Gasteiger partial charge >= 0.3 is 6.18 Å². The molecule has 7 heteroatoms. The lowest BCUT2D eigenvalue weighted by Gasteiger charge is -2.25. The smallest absolute Gasteiger partial charge is 0.387 e. The number of rotatable bonds is 5. The minimum atomic E-state index is -4.49. The van der Waals surface area contributed by atoms with Crippen LogP contribution < -0.4 is 5.73 Å². The molecule has 1 unspecified atom stereocenters. The van der Waals surface area contributed by atoms with E-state index in [1.807, 2.05) is 24.3 Å². The van der Waals surface area contributed by atoms with Crippen LogP contribution in [0.25, 0.3) is 0 Å². The van der Waals surface area contributed by atoms with Crippen LogP contribution in [0.2, 0.25) is 0 Å². The quantitative estimate of drug-likeness (QED) is 0.641. The van der Waals surface area contributed by atoms with Gasteiger partial charge in [0, 0.05) is 17.6 Å². The van der Waals surface area contributed by atoms with Crippen molar-refractivity contribution in [1.29, 1.82) is 5.41 Å². The highest BCUT2D eigenvalue weighted by molar-refractivity contribution is 9.10. The Morgan fingerprint density at radius 1 is 1.47 bits per heavy atom. The molecule has 0 saturated carbocycles. The average Bonchev–Trinajstić information content (AvgIpc) is 2.24. The van der Waals surface area contributed by atoms with E-state index in [9.17, 15) is 13.2 Å². The number of benzene rings is 1. The first-order chi connectivity index (χ1) is 8.70. The van der Waals surface area contributed by atoms with Gasteiger partial charge in [0.1, 0.15) is 11.8 Å². The topological polar surface area (TPSA) is 53.1 Å². The molecule has 0 fully saturated rings. The van der Waals surface area contributed by atoms with Crippen LogP contribution in [0.1, 0.15) is 5.56 Å². The highest BCUT2D eigenvalue weighted by atomic mass is 79.9. The van der Waals surface area contributed by atoms with Gasteiger partial charge in [-0.25, -0.2) is 0 Å². The molecule has 0 aliphatic rings. The summed E-state index contributed by atoms with van der Waals surface area (Å²) in [5.74, 6) is -2.78. The van der Waals surface area contributed by atoms with E-state index in [-0.39, 0.29) is 6.54 Å². The lowest BCUT2D eigenvalue weighted by Crippen LogP contribution is -2.42. The Labute approximate surface area is 118 Å². The first kappa shape index (κ1) is 16.0. The van der Waals surface area contributed by atoms with Crippen LogP contribution >= 0.6 is 15.9 Å². The lowest BCUT2D eigenvalue weighted by molar-refractivity contribution is -0.159. The monoisotopic (exact) mass is 337 g/mol. The van der Waals surface area contributed by atoms with Gasteiger partial charge in [-0.05, 0) is 24.7 Å². The summed E-state index contributed by atoms with van der Waals surface area (Å²) in [5, 5.41) is 7.04. The van der Waals surface area contributed by atoms with Gasteiger partial charge in [-0.2, -0.15) is 13.2 Å². The molecule has 3 nitrogen and oxygen atoms in total. The van der Waals surface area contributed by atoms with Crippen molar-refractivity contribution in [1.82, 2.24) is 4.90 Å². The third-order valence-electron chi connectivity index (χ3n) is 2.61. The first-order valence-corrected chi connectivity index (χ1v) is 6.33. The van der Waals surface area contributed by atoms with Gasteiger partial charge in [-0.1, -0.05) is 28.1 Å². The molecule has 0 heterocycles. The van der Waals surface area contributed by atoms with Gasteiger partial charge in [0.15, 0.2) is 0 Å². The summed E-state index contributed by atoms with van der Waals surface area (Å²) in [6, 6.07) is 7.33. The molecular formula is C12H15BrF3N3. The zero-order valence-electron chi connectivity index (χ0n) is 10.3. The van der Waals surface area contributed by atoms with Gasteiger partial charge in [0.25, 0.3) is 0 Å². The van der Waals surface area contributed by atoms with Gasteiger partial charge in [-0.3, -0.25) is 5.41 Å². The predicted octanol–water partition coefficient (Wildman–Crippen LogP) is 3.00. The molecule has 0 aromatic heterocycles. The Morgan fingerprint density at radius 3 is 2.58 bits per heavy atom. The van der Waals surface area contributed by atoms with Crippen molar-refractivity contribution in [3.8, 4) is 0 Å². The molecule has 0 radical (unpaired) electrons. The molecule has 0 amide bonds. The van der Waals surface area contributed by atoms with Crippen molar-refractivity contribution in [2.45, 2.75) is 12.7 Å². The minimum absolute atomic E-state index is 0.328. The number of hydrogen-bond acceptors (Lipinski definition) is 2. The summed E-state index contributed by atoms with van der Waals surface area (Å²) in [5.41, 5.74) is 5.91. The number of alkyl halides is 3. The van der Waals surface area contributed by atoms with Crippen molar-refractivity contribution in [3.63, 3.8) is 0 Å². The maximum Gasteiger partial charge on any atom is 0.399 e. The standard InChI is InChI=1S/C12H15BrF3N3/c1-19(6-8-3-2-4-9(13)5-8)7-10(11(17)18)12(14,15)16/h2-5,10H,6-7H2,1H3,(H3,17,18). The largest absolute Gasteiger partial charge is 0.399 e. The Kier molecular flexibility index (Phi) is 5.37. The van der Waals surface area contributed by atoms with E-state index in [0.717, 1.165) is 10.0 Å². The van der Waals surface area contributed by atoms with Gasteiger partial charge in [-0.15, -0.1) is 0 Å². The number of nitrogens with zero attached hydrogens (tertiary/aromatic N) is 1. The molecule has 0 aliphatic heterocycles.